The molecule has 4 nitrogen and oxygen atoms in total. The molecule has 0 saturated carbocycles. The van der Waals surface area contributed by atoms with Gasteiger partial charge in [0.2, 0.25) is 5.91 Å². The average molecular weight is 259 g/mol. The van der Waals surface area contributed by atoms with E-state index in [1.807, 2.05) is 4.90 Å². The van der Waals surface area contributed by atoms with Gasteiger partial charge in [0.05, 0.1) is 11.4 Å². The first-order valence-electron chi connectivity index (χ1n) is 7.12. The quantitative estimate of drug-likeness (QED) is 0.875. The topological polar surface area (TPSA) is 35.6 Å². The van der Waals surface area contributed by atoms with E-state index < -0.39 is 0 Å². The van der Waals surface area contributed by atoms with Crippen molar-refractivity contribution in [1.29, 1.82) is 0 Å². The second-order valence-electron chi connectivity index (χ2n) is 5.38. The molecule has 102 valence electrons. The van der Waals surface area contributed by atoms with Gasteiger partial charge in [0.15, 0.2) is 0 Å². The Hall–Kier alpha value is -1.55. The molecule has 1 aromatic carbocycles. The van der Waals surface area contributed by atoms with Crippen LogP contribution in [0.1, 0.15) is 18.4 Å². The number of benzene rings is 1. The average Bonchev–Trinajstić information content (AvgIpc) is 2.86. The highest BCUT2D eigenvalue weighted by Gasteiger charge is 2.26. The molecule has 1 N–H and O–H groups in total. The van der Waals surface area contributed by atoms with E-state index in [0.29, 0.717) is 6.42 Å². The van der Waals surface area contributed by atoms with Gasteiger partial charge in [-0.25, -0.2) is 0 Å². The molecule has 0 aliphatic carbocycles. The van der Waals surface area contributed by atoms with E-state index in [1.165, 1.54) is 11.3 Å². The van der Waals surface area contributed by atoms with Gasteiger partial charge in [-0.2, -0.15) is 0 Å². The largest absolute Gasteiger partial charge is 0.367 e. The van der Waals surface area contributed by atoms with Gasteiger partial charge in [0, 0.05) is 39.1 Å². The molecule has 19 heavy (non-hydrogen) atoms. The number of amides is 1. The molecule has 0 atom stereocenters. The van der Waals surface area contributed by atoms with E-state index in [0.717, 1.165) is 44.8 Å². The fourth-order valence-electron chi connectivity index (χ4n) is 2.93. The number of aryl methyl sites for hydroxylation is 1. The Morgan fingerprint density at radius 2 is 1.89 bits per heavy atom. The summed E-state index contributed by atoms with van der Waals surface area (Å²) >= 11 is 0. The van der Waals surface area contributed by atoms with Crippen molar-refractivity contribution in [2.24, 2.45) is 0 Å². The van der Waals surface area contributed by atoms with Gasteiger partial charge in [0.1, 0.15) is 0 Å². The molecule has 2 fully saturated rings. The summed E-state index contributed by atoms with van der Waals surface area (Å²) in [6, 6.07) is 6.46. The van der Waals surface area contributed by atoms with Crippen LogP contribution in [0.25, 0.3) is 0 Å². The highest BCUT2D eigenvalue weighted by molar-refractivity contribution is 5.98. The zero-order valence-corrected chi connectivity index (χ0v) is 11.5. The van der Waals surface area contributed by atoms with E-state index >= 15 is 0 Å². The van der Waals surface area contributed by atoms with E-state index in [4.69, 9.17) is 0 Å². The van der Waals surface area contributed by atoms with Crippen LogP contribution in [0.2, 0.25) is 0 Å². The molecule has 2 heterocycles. The molecule has 2 aliphatic rings. The summed E-state index contributed by atoms with van der Waals surface area (Å²) in [5.74, 6) is 0.266. The summed E-state index contributed by atoms with van der Waals surface area (Å²) in [5, 5.41) is 3.37. The fraction of sp³-hybridized carbons (Fsp3) is 0.533. The van der Waals surface area contributed by atoms with Gasteiger partial charge >= 0.3 is 0 Å². The summed E-state index contributed by atoms with van der Waals surface area (Å²) in [6.45, 7) is 7.01. The number of hydrogen-bond donors (Lipinski definition) is 1. The molecule has 0 unspecified atom stereocenters. The first-order valence-corrected chi connectivity index (χ1v) is 7.12. The van der Waals surface area contributed by atoms with Crippen molar-refractivity contribution in [2.45, 2.75) is 19.8 Å². The maximum Gasteiger partial charge on any atom is 0.227 e. The third-order valence-corrected chi connectivity index (χ3v) is 3.95. The molecule has 1 amide bonds. The number of nitrogens with one attached hydrogen (secondary N) is 1. The Balaban J connectivity index is 1.96. The van der Waals surface area contributed by atoms with Crippen LogP contribution in [0.4, 0.5) is 11.4 Å². The molecular formula is C15H21N3O. The highest BCUT2D eigenvalue weighted by atomic mass is 16.2. The van der Waals surface area contributed by atoms with Crippen molar-refractivity contribution in [3.63, 3.8) is 0 Å². The van der Waals surface area contributed by atoms with Gasteiger partial charge in [-0.3, -0.25) is 4.79 Å². The molecule has 3 rings (SSSR count). The Labute approximate surface area is 114 Å². The lowest BCUT2D eigenvalue weighted by Gasteiger charge is -2.33. The van der Waals surface area contributed by atoms with Crippen molar-refractivity contribution < 1.29 is 4.79 Å². The molecule has 0 aromatic heterocycles. The number of nitrogens with zero attached hydrogens (tertiary/aromatic N) is 2. The highest BCUT2D eigenvalue weighted by Crippen LogP contribution is 2.33. The van der Waals surface area contributed by atoms with E-state index in [2.05, 4.69) is 35.3 Å². The third-order valence-electron chi connectivity index (χ3n) is 3.95. The predicted molar refractivity (Wildman–Crippen MR) is 77.8 cm³/mol. The number of carbonyl (C=O) groups excluding carboxylic acids is 1. The summed E-state index contributed by atoms with van der Waals surface area (Å²) in [4.78, 5) is 16.4. The first kappa shape index (κ1) is 12.5. The molecular weight excluding hydrogens is 238 g/mol. The smallest absolute Gasteiger partial charge is 0.227 e. The van der Waals surface area contributed by atoms with Crippen molar-refractivity contribution in [3.05, 3.63) is 23.8 Å². The van der Waals surface area contributed by atoms with Gasteiger partial charge in [-0.1, -0.05) is 6.07 Å². The minimum Gasteiger partial charge on any atom is -0.367 e. The molecule has 1 aromatic rings. The second-order valence-corrected chi connectivity index (χ2v) is 5.38. The predicted octanol–water partition coefficient (Wildman–Crippen LogP) is 1.53. The third kappa shape index (κ3) is 2.45. The monoisotopic (exact) mass is 259 g/mol. The van der Waals surface area contributed by atoms with E-state index in [-0.39, 0.29) is 5.91 Å². The molecule has 2 aliphatic heterocycles. The van der Waals surface area contributed by atoms with Gasteiger partial charge in [-0.05, 0) is 31.0 Å². The number of anilines is 2. The second kappa shape index (κ2) is 5.21. The Bertz CT molecular complexity index is 480. The molecule has 0 spiro atoms. The lowest BCUT2D eigenvalue weighted by Crippen LogP contribution is -2.44. The van der Waals surface area contributed by atoms with Crippen LogP contribution in [0.15, 0.2) is 18.2 Å². The standard InChI is InChI=1S/C15H21N3O/c1-12-4-5-13(17-9-6-16-7-10-17)14(11-12)18-8-2-3-15(18)19/h4-5,11,16H,2-3,6-10H2,1H3. The summed E-state index contributed by atoms with van der Waals surface area (Å²) in [6.07, 6.45) is 1.67. The van der Waals surface area contributed by atoms with Crippen LogP contribution >= 0.6 is 0 Å². The SMILES string of the molecule is Cc1ccc(N2CCNCC2)c(N2CCCC2=O)c1. The summed E-state index contributed by atoms with van der Waals surface area (Å²) in [7, 11) is 0. The normalized spacial score (nSPS) is 20.2. The molecule has 0 bridgehead atoms. The summed E-state index contributed by atoms with van der Waals surface area (Å²) in [5.41, 5.74) is 3.53. The van der Waals surface area contributed by atoms with Crippen LogP contribution in [0.3, 0.4) is 0 Å². The number of carbonyl (C=O) groups is 1. The van der Waals surface area contributed by atoms with E-state index in [9.17, 15) is 4.79 Å². The van der Waals surface area contributed by atoms with Crippen LogP contribution in [-0.2, 0) is 4.79 Å². The zero-order valence-electron chi connectivity index (χ0n) is 11.5. The summed E-state index contributed by atoms with van der Waals surface area (Å²) < 4.78 is 0. The zero-order chi connectivity index (χ0) is 13.2. The van der Waals surface area contributed by atoms with Crippen LogP contribution in [0.5, 0.6) is 0 Å². The van der Waals surface area contributed by atoms with Crippen molar-refractivity contribution in [3.8, 4) is 0 Å². The van der Waals surface area contributed by atoms with Crippen molar-refractivity contribution in [2.75, 3.05) is 42.5 Å². The van der Waals surface area contributed by atoms with Crippen LogP contribution in [-0.4, -0.2) is 38.6 Å². The molecule has 2 saturated heterocycles. The molecule has 4 heteroatoms. The number of hydrogen-bond acceptors (Lipinski definition) is 3. The lowest BCUT2D eigenvalue weighted by atomic mass is 10.1. The van der Waals surface area contributed by atoms with Gasteiger partial charge < -0.3 is 15.1 Å². The first-order chi connectivity index (χ1) is 9.25. The minimum atomic E-state index is 0.266. The van der Waals surface area contributed by atoms with Gasteiger partial charge in [-0.15, -0.1) is 0 Å². The Morgan fingerprint density at radius 1 is 1.11 bits per heavy atom. The lowest BCUT2D eigenvalue weighted by molar-refractivity contribution is -0.117. The van der Waals surface area contributed by atoms with E-state index in [1.54, 1.807) is 0 Å². The van der Waals surface area contributed by atoms with Crippen LogP contribution in [0, 0.1) is 6.92 Å². The Kier molecular flexibility index (Phi) is 3.42. The van der Waals surface area contributed by atoms with Crippen molar-refractivity contribution >= 4 is 17.3 Å². The minimum absolute atomic E-state index is 0.266. The molecule has 0 radical (unpaired) electrons. The van der Waals surface area contributed by atoms with Crippen molar-refractivity contribution in [1.82, 2.24) is 5.32 Å². The number of rotatable bonds is 2. The van der Waals surface area contributed by atoms with Gasteiger partial charge in [0.25, 0.3) is 0 Å². The maximum atomic E-state index is 12.0. The maximum absolute atomic E-state index is 12.0. The van der Waals surface area contributed by atoms with Crippen LogP contribution < -0.4 is 15.1 Å². The fourth-order valence-corrected chi connectivity index (χ4v) is 2.93. The number of piperazine rings is 1. The Morgan fingerprint density at radius 3 is 2.58 bits per heavy atom.